The van der Waals surface area contributed by atoms with Crippen LogP contribution in [0.4, 0.5) is 0 Å². The SMILES string of the molecule is CN(C)C(=O)CN1N=C(c2ccc3nc(C4CC4)n(Cc4ccc(-c5ccccc5-c5nnn[n-]5)cc4)c3c2)C(C)(C)CC1=O. The molecule has 11 heteroatoms. The minimum atomic E-state index is -0.488. The van der Waals surface area contributed by atoms with Crippen LogP contribution in [-0.2, 0) is 16.1 Å². The van der Waals surface area contributed by atoms with E-state index in [4.69, 9.17) is 10.1 Å². The summed E-state index contributed by atoms with van der Waals surface area (Å²) in [6, 6.07) is 22.8. The van der Waals surface area contributed by atoms with Crippen LogP contribution in [-0.4, -0.2) is 73.2 Å². The minimum Gasteiger partial charge on any atom is -0.347 e. The van der Waals surface area contributed by atoms with Crippen LogP contribution in [0, 0.1) is 5.41 Å². The van der Waals surface area contributed by atoms with Gasteiger partial charge in [0.2, 0.25) is 11.8 Å². The molecule has 11 nitrogen and oxygen atoms in total. The first kappa shape index (κ1) is 28.6. The van der Waals surface area contributed by atoms with Gasteiger partial charge in [-0.3, -0.25) is 19.9 Å². The molecule has 0 saturated heterocycles. The molecule has 1 aliphatic heterocycles. The third-order valence-electron chi connectivity index (χ3n) is 8.61. The Hall–Kier alpha value is -5.19. The molecule has 228 valence electrons. The molecule has 1 saturated carbocycles. The van der Waals surface area contributed by atoms with Crippen molar-refractivity contribution in [1.82, 2.24) is 40.1 Å². The van der Waals surface area contributed by atoms with E-state index in [-0.39, 0.29) is 24.8 Å². The topological polar surface area (TPSA) is 124 Å². The van der Waals surface area contributed by atoms with E-state index in [1.165, 1.54) is 9.91 Å². The van der Waals surface area contributed by atoms with Gasteiger partial charge in [0.25, 0.3) is 0 Å². The van der Waals surface area contributed by atoms with Gasteiger partial charge in [-0.2, -0.15) is 10.3 Å². The van der Waals surface area contributed by atoms with Crippen molar-refractivity contribution in [3.63, 3.8) is 0 Å². The predicted octanol–water partition coefficient (Wildman–Crippen LogP) is 4.49. The smallest absolute Gasteiger partial charge is 0.244 e. The Balaban J connectivity index is 1.23. The van der Waals surface area contributed by atoms with Crippen molar-refractivity contribution in [2.24, 2.45) is 10.5 Å². The summed E-state index contributed by atoms with van der Waals surface area (Å²) in [5, 5.41) is 21.5. The number of benzene rings is 3. The molecule has 0 radical (unpaired) electrons. The quantitative estimate of drug-likeness (QED) is 0.257. The zero-order valence-electron chi connectivity index (χ0n) is 25.8. The van der Waals surface area contributed by atoms with Crippen LogP contribution in [0.5, 0.6) is 0 Å². The number of imidazole rings is 1. The first-order valence-electron chi connectivity index (χ1n) is 15.2. The van der Waals surface area contributed by atoms with Gasteiger partial charge in [0.05, 0.1) is 16.7 Å². The van der Waals surface area contributed by atoms with Crippen molar-refractivity contribution < 1.29 is 9.59 Å². The fourth-order valence-electron chi connectivity index (χ4n) is 5.97. The predicted molar refractivity (Wildman–Crippen MR) is 170 cm³/mol. The third-order valence-corrected chi connectivity index (χ3v) is 8.61. The summed E-state index contributed by atoms with van der Waals surface area (Å²) < 4.78 is 2.32. The maximum absolute atomic E-state index is 12.9. The van der Waals surface area contributed by atoms with E-state index < -0.39 is 5.41 Å². The molecular formula is C34H34N9O2-. The average molecular weight is 601 g/mol. The van der Waals surface area contributed by atoms with Gasteiger partial charge in [-0.05, 0) is 47.2 Å². The second kappa shape index (κ2) is 11.1. The summed E-state index contributed by atoms with van der Waals surface area (Å²) in [5.41, 5.74) is 7.32. The summed E-state index contributed by atoms with van der Waals surface area (Å²) in [4.78, 5) is 31.9. The zero-order chi connectivity index (χ0) is 31.3. The van der Waals surface area contributed by atoms with Crippen LogP contribution in [0.25, 0.3) is 33.5 Å². The molecular weight excluding hydrogens is 566 g/mol. The van der Waals surface area contributed by atoms with Crippen molar-refractivity contribution >= 4 is 28.6 Å². The van der Waals surface area contributed by atoms with E-state index in [1.807, 2.05) is 44.2 Å². The van der Waals surface area contributed by atoms with E-state index in [0.29, 0.717) is 18.3 Å². The van der Waals surface area contributed by atoms with Crippen molar-refractivity contribution in [2.45, 2.75) is 45.6 Å². The molecule has 0 unspecified atom stereocenters. The molecule has 0 bridgehead atoms. The molecule has 1 fully saturated rings. The summed E-state index contributed by atoms with van der Waals surface area (Å²) in [5.74, 6) is 1.74. The molecule has 2 aromatic heterocycles. The van der Waals surface area contributed by atoms with Gasteiger partial charge >= 0.3 is 0 Å². The molecule has 3 heterocycles. The van der Waals surface area contributed by atoms with Crippen LogP contribution in [0.1, 0.15) is 56.0 Å². The number of rotatable bonds is 8. The summed E-state index contributed by atoms with van der Waals surface area (Å²) in [6.07, 6.45) is 2.55. The van der Waals surface area contributed by atoms with Gasteiger partial charge in [-0.15, -0.1) is 0 Å². The lowest BCUT2D eigenvalue weighted by Crippen LogP contribution is -2.45. The van der Waals surface area contributed by atoms with Crippen LogP contribution in [0.3, 0.4) is 0 Å². The van der Waals surface area contributed by atoms with Crippen LogP contribution < -0.4 is 5.10 Å². The van der Waals surface area contributed by atoms with E-state index in [0.717, 1.165) is 63.2 Å². The van der Waals surface area contributed by atoms with Crippen molar-refractivity contribution in [2.75, 3.05) is 20.6 Å². The molecule has 1 aliphatic carbocycles. The Bertz CT molecular complexity index is 1930. The number of hydrazone groups is 1. The van der Waals surface area contributed by atoms with E-state index in [9.17, 15) is 9.59 Å². The van der Waals surface area contributed by atoms with Gasteiger partial charge in [-0.1, -0.05) is 68.4 Å². The van der Waals surface area contributed by atoms with Gasteiger partial charge in [-0.25, -0.2) is 9.99 Å². The maximum atomic E-state index is 12.9. The Labute approximate surface area is 261 Å². The second-order valence-corrected chi connectivity index (χ2v) is 12.7. The standard InChI is InChI=1S/C34H34N9O2/c1-34(2)18-29(44)43(20-30(45)41(3)4)38-31(34)24-15-16-27-28(17-24)42(33(35-27)23-13-14-23)19-21-9-11-22(12-10-21)25-7-5-6-8-26(25)32-36-39-40-37-32/h5-12,15-17,23H,13-14,18-20H2,1-4H3/q-1. The first-order chi connectivity index (χ1) is 21.7. The number of aromatic nitrogens is 6. The number of hydrogen-bond donors (Lipinski definition) is 0. The van der Waals surface area contributed by atoms with Crippen molar-refractivity contribution in [1.29, 1.82) is 0 Å². The monoisotopic (exact) mass is 600 g/mol. The van der Waals surface area contributed by atoms with Crippen LogP contribution in [0.2, 0.25) is 0 Å². The Morgan fingerprint density at radius 2 is 1.73 bits per heavy atom. The highest BCUT2D eigenvalue weighted by atomic mass is 16.2. The number of carbonyl (C=O) groups excluding carboxylic acids is 2. The number of likely N-dealkylation sites (N-methyl/N-ethyl adjacent to an activating group) is 1. The fourth-order valence-corrected chi connectivity index (χ4v) is 5.97. The van der Waals surface area contributed by atoms with E-state index >= 15 is 0 Å². The Morgan fingerprint density at radius 1 is 1.00 bits per heavy atom. The number of hydrogen-bond acceptors (Lipinski definition) is 7. The molecule has 0 spiro atoms. The number of fused-ring (bicyclic) bond motifs is 1. The normalized spacial score (nSPS) is 16.2. The third kappa shape index (κ3) is 5.50. The van der Waals surface area contributed by atoms with Crippen molar-refractivity contribution in [3.8, 4) is 22.5 Å². The number of tetrazole rings is 1. The number of amides is 2. The van der Waals surface area contributed by atoms with Gasteiger partial charge in [0, 0.05) is 49.8 Å². The summed E-state index contributed by atoms with van der Waals surface area (Å²) >= 11 is 0. The minimum absolute atomic E-state index is 0.0779. The van der Waals surface area contributed by atoms with Gasteiger partial charge in [0.15, 0.2) is 0 Å². The molecule has 3 aromatic carbocycles. The van der Waals surface area contributed by atoms with Crippen LogP contribution >= 0.6 is 0 Å². The van der Waals surface area contributed by atoms with Crippen molar-refractivity contribution in [3.05, 3.63) is 83.7 Å². The van der Waals surface area contributed by atoms with Gasteiger partial charge < -0.3 is 14.6 Å². The summed E-state index contributed by atoms with van der Waals surface area (Å²) in [6.45, 7) is 4.65. The lowest BCUT2D eigenvalue weighted by molar-refractivity contribution is -0.140. The van der Waals surface area contributed by atoms with Crippen LogP contribution in [0.15, 0.2) is 71.8 Å². The molecule has 0 atom stereocenters. The highest BCUT2D eigenvalue weighted by Crippen LogP contribution is 2.42. The second-order valence-electron chi connectivity index (χ2n) is 12.7. The van der Waals surface area contributed by atoms with Gasteiger partial charge in [0.1, 0.15) is 12.4 Å². The lowest BCUT2D eigenvalue weighted by atomic mass is 9.79. The molecule has 2 amide bonds. The molecule has 2 aliphatic rings. The lowest BCUT2D eigenvalue weighted by Gasteiger charge is -2.34. The number of nitrogens with zero attached hydrogens (tertiary/aromatic N) is 9. The maximum Gasteiger partial charge on any atom is 0.244 e. The highest BCUT2D eigenvalue weighted by Gasteiger charge is 2.38. The van der Waals surface area contributed by atoms with E-state index in [1.54, 1.807) is 14.1 Å². The molecule has 45 heavy (non-hydrogen) atoms. The van der Waals surface area contributed by atoms with E-state index in [2.05, 4.69) is 61.6 Å². The summed E-state index contributed by atoms with van der Waals surface area (Å²) in [7, 11) is 3.36. The zero-order valence-corrected chi connectivity index (χ0v) is 25.8. The largest absolute Gasteiger partial charge is 0.347 e. The molecule has 0 N–H and O–H groups in total. The number of carbonyl (C=O) groups is 2. The highest BCUT2D eigenvalue weighted by molar-refractivity contribution is 6.09. The molecule has 5 aromatic rings. The average Bonchev–Trinajstić information content (AvgIpc) is 3.60. The Kier molecular flexibility index (Phi) is 7.03. The Morgan fingerprint density at radius 3 is 2.42 bits per heavy atom. The molecule has 7 rings (SSSR count). The first-order valence-corrected chi connectivity index (χ1v) is 15.2. The fraction of sp³-hybridized carbons (Fsp3) is 0.324.